The Kier molecular flexibility index (Phi) is 2.76. The van der Waals surface area contributed by atoms with E-state index in [2.05, 4.69) is 14.9 Å². The highest BCUT2D eigenvalue weighted by Crippen LogP contribution is 2.14. The normalized spacial score (nSPS) is 24.6. The van der Waals surface area contributed by atoms with Gasteiger partial charge < -0.3 is 0 Å². The summed E-state index contributed by atoms with van der Waals surface area (Å²) in [5.74, 6) is -0.102. The van der Waals surface area contributed by atoms with Crippen LogP contribution in [-0.4, -0.2) is 44.6 Å². The lowest BCUT2D eigenvalue weighted by Crippen LogP contribution is -2.35. The third-order valence-corrected chi connectivity index (χ3v) is 5.59. The summed E-state index contributed by atoms with van der Waals surface area (Å²) < 4.78 is 48.1. The molecule has 1 aliphatic rings. The lowest BCUT2D eigenvalue weighted by molar-refractivity contribution is 0.562. The van der Waals surface area contributed by atoms with Crippen LogP contribution in [-0.2, 0) is 19.9 Å². The minimum atomic E-state index is -3.66. The molecule has 0 spiro atoms. The zero-order chi connectivity index (χ0) is 11.8. The molecule has 1 aromatic rings. The Morgan fingerprint density at radius 2 is 2.25 bits per heavy atom. The Morgan fingerprint density at radius 1 is 1.50 bits per heavy atom. The summed E-state index contributed by atoms with van der Waals surface area (Å²) in [4.78, 5) is 0.0109. The molecule has 1 fully saturated rings. The van der Waals surface area contributed by atoms with Gasteiger partial charge in [-0.3, -0.25) is 5.10 Å². The second kappa shape index (κ2) is 3.82. The van der Waals surface area contributed by atoms with Gasteiger partial charge in [-0.25, -0.2) is 21.6 Å². The Labute approximate surface area is 93.2 Å². The van der Waals surface area contributed by atoms with E-state index in [0.717, 1.165) is 0 Å². The Morgan fingerprint density at radius 3 is 2.75 bits per heavy atom. The molecule has 1 saturated heterocycles. The van der Waals surface area contributed by atoms with Crippen molar-refractivity contribution in [2.45, 2.75) is 17.4 Å². The van der Waals surface area contributed by atoms with Crippen LogP contribution in [0.4, 0.5) is 0 Å². The van der Waals surface area contributed by atoms with E-state index in [0.29, 0.717) is 6.42 Å². The zero-order valence-corrected chi connectivity index (χ0v) is 9.88. The van der Waals surface area contributed by atoms with E-state index in [1.807, 2.05) is 0 Å². The molecule has 1 atom stereocenters. The monoisotopic (exact) mass is 265 g/mol. The van der Waals surface area contributed by atoms with Crippen LogP contribution >= 0.6 is 0 Å². The van der Waals surface area contributed by atoms with Gasteiger partial charge in [0.05, 0.1) is 17.7 Å². The van der Waals surface area contributed by atoms with Crippen LogP contribution < -0.4 is 4.72 Å². The summed E-state index contributed by atoms with van der Waals surface area (Å²) in [5.41, 5.74) is 0. The van der Waals surface area contributed by atoms with E-state index in [4.69, 9.17) is 0 Å². The summed E-state index contributed by atoms with van der Waals surface area (Å²) in [5, 5.41) is 5.92. The minimum absolute atomic E-state index is 0.0109. The molecular weight excluding hydrogens is 254 g/mol. The average Bonchev–Trinajstić information content (AvgIpc) is 2.74. The first-order chi connectivity index (χ1) is 7.39. The van der Waals surface area contributed by atoms with Crippen molar-refractivity contribution in [3.05, 3.63) is 12.4 Å². The molecule has 16 heavy (non-hydrogen) atoms. The lowest BCUT2D eigenvalue weighted by Gasteiger charge is -2.09. The Hall–Kier alpha value is -0.930. The van der Waals surface area contributed by atoms with Crippen LogP contribution in [0.1, 0.15) is 6.42 Å². The van der Waals surface area contributed by atoms with Gasteiger partial charge >= 0.3 is 0 Å². The predicted molar refractivity (Wildman–Crippen MR) is 56.0 cm³/mol. The smallest absolute Gasteiger partial charge is 0.243 e. The number of rotatable bonds is 3. The second-order valence-electron chi connectivity index (χ2n) is 3.66. The number of hydrogen-bond acceptors (Lipinski definition) is 5. The number of aromatic nitrogens is 2. The molecule has 7 nitrogen and oxygen atoms in total. The van der Waals surface area contributed by atoms with Crippen molar-refractivity contribution < 1.29 is 16.8 Å². The van der Waals surface area contributed by atoms with Crippen LogP contribution in [0.15, 0.2) is 17.3 Å². The van der Waals surface area contributed by atoms with Gasteiger partial charge in [0.25, 0.3) is 0 Å². The van der Waals surface area contributed by atoms with E-state index in [-0.39, 0.29) is 16.4 Å². The van der Waals surface area contributed by atoms with Crippen molar-refractivity contribution in [3.63, 3.8) is 0 Å². The molecule has 1 unspecified atom stereocenters. The molecule has 1 aromatic heterocycles. The fourth-order valence-electron chi connectivity index (χ4n) is 1.56. The molecule has 9 heteroatoms. The van der Waals surface area contributed by atoms with E-state index < -0.39 is 25.9 Å². The largest absolute Gasteiger partial charge is 0.284 e. The number of hydrogen-bond donors (Lipinski definition) is 2. The van der Waals surface area contributed by atoms with E-state index in [1.165, 1.54) is 12.4 Å². The van der Waals surface area contributed by atoms with E-state index in [1.54, 1.807) is 0 Å². The number of H-pyrrole nitrogens is 1. The second-order valence-corrected chi connectivity index (χ2v) is 7.60. The average molecular weight is 265 g/mol. The third-order valence-electron chi connectivity index (χ3n) is 2.34. The van der Waals surface area contributed by atoms with Crippen LogP contribution in [0, 0.1) is 0 Å². The summed E-state index contributed by atoms with van der Waals surface area (Å²) in [6.07, 6.45) is 2.73. The highest BCUT2D eigenvalue weighted by Gasteiger charge is 2.31. The minimum Gasteiger partial charge on any atom is -0.284 e. The molecule has 0 aliphatic carbocycles. The summed E-state index contributed by atoms with van der Waals surface area (Å²) in [6, 6.07) is -0.537. The van der Waals surface area contributed by atoms with Crippen LogP contribution in [0.25, 0.3) is 0 Å². The molecular formula is C7H11N3O4S2. The van der Waals surface area contributed by atoms with Crippen LogP contribution in [0.3, 0.4) is 0 Å². The van der Waals surface area contributed by atoms with Crippen molar-refractivity contribution in [2.75, 3.05) is 11.5 Å². The van der Waals surface area contributed by atoms with Crippen molar-refractivity contribution in [2.24, 2.45) is 0 Å². The highest BCUT2D eigenvalue weighted by atomic mass is 32.2. The van der Waals surface area contributed by atoms with Crippen molar-refractivity contribution in [1.29, 1.82) is 0 Å². The molecule has 1 aliphatic heterocycles. The zero-order valence-electron chi connectivity index (χ0n) is 8.25. The lowest BCUT2D eigenvalue weighted by atomic mass is 10.3. The maximum absolute atomic E-state index is 11.7. The van der Waals surface area contributed by atoms with Crippen LogP contribution in [0.5, 0.6) is 0 Å². The molecule has 0 aromatic carbocycles. The molecule has 0 amide bonds. The summed E-state index contributed by atoms with van der Waals surface area (Å²) in [7, 11) is -6.75. The van der Waals surface area contributed by atoms with Gasteiger partial charge in [0.1, 0.15) is 4.90 Å². The first-order valence-corrected chi connectivity index (χ1v) is 7.91. The first kappa shape index (κ1) is 11.6. The number of nitrogens with zero attached hydrogens (tertiary/aromatic N) is 1. The Bertz CT molecular complexity index is 561. The molecule has 2 heterocycles. The maximum Gasteiger partial charge on any atom is 0.243 e. The molecule has 2 N–H and O–H groups in total. The number of sulfone groups is 1. The standard InChI is InChI=1S/C7H11N3O4S2/c11-15(12)2-1-6(5-15)10-16(13,14)7-3-8-9-4-7/h3-4,6,10H,1-2,5H2,(H,8,9). The molecule has 2 rings (SSSR count). The number of sulfonamides is 1. The predicted octanol–water partition coefficient (Wildman–Crippen LogP) is -1.12. The van der Waals surface area contributed by atoms with Crippen molar-refractivity contribution in [3.8, 4) is 0 Å². The number of aromatic amines is 1. The molecule has 0 saturated carbocycles. The third kappa shape index (κ3) is 2.42. The Balaban J connectivity index is 2.12. The van der Waals surface area contributed by atoms with Gasteiger partial charge in [-0.05, 0) is 6.42 Å². The van der Waals surface area contributed by atoms with E-state index in [9.17, 15) is 16.8 Å². The van der Waals surface area contributed by atoms with Crippen molar-refractivity contribution in [1.82, 2.24) is 14.9 Å². The first-order valence-electron chi connectivity index (χ1n) is 4.61. The quantitative estimate of drug-likeness (QED) is 0.719. The van der Waals surface area contributed by atoms with Gasteiger partial charge in [0.15, 0.2) is 9.84 Å². The fourth-order valence-corrected chi connectivity index (χ4v) is 4.52. The van der Waals surface area contributed by atoms with Gasteiger partial charge in [-0.2, -0.15) is 5.10 Å². The number of nitrogens with one attached hydrogen (secondary N) is 2. The molecule has 90 valence electrons. The van der Waals surface area contributed by atoms with E-state index >= 15 is 0 Å². The summed E-state index contributed by atoms with van der Waals surface area (Å²) >= 11 is 0. The molecule has 0 bridgehead atoms. The SMILES string of the molecule is O=S1(=O)CCC(NS(=O)(=O)c2cn[nH]c2)C1. The van der Waals surface area contributed by atoms with Gasteiger partial charge in [0, 0.05) is 12.2 Å². The highest BCUT2D eigenvalue weighted by molar-refractivity contribution is 7.92. The summed E-state index contributed by atoms with van der Waals surface area (Å²) in [6.45, 7) is 0. The van der Waals surface area contributed by atoms with Gasteiger partial charge in [-0.15, -0.1) is 0 Å². The van der Waals surface area contributed by atoms with Gasteiger partial charge in [0.2, 0.25) is 10.0 Å². The topological polar surface area (TPSA) is 109 Å². The van der Waals surface area contributed by atoms with Crippen molar-refractivity contribution >= 4 is 19.9 Å². The van der Waals surface area contributed by atoms with Gasteiger partial charge in [-0.1, -0.05) is 0 Å². The fraction of sp³-hybridized carbons (Fsp3) is 0.571. The maximum atomic E-state index is 11.7. The molecule has 0 radical (unpaired) electrons. The van der Waals surface area contributed by atoms with Crippen LogP contribution in [0.2, 0.25) is 0 Å².